The molecule has 0 aromatic rings. The largest absolute Gasteiger partial charge is 0.460 e. The summed E-state index contributed by atoms with van der Waals surface area (Å²) in [5.41, 5.74) is 0. The molecule has 2 nitrogen and oxygen atoms in total. The van der Waals surface area contributed by atoms with Gasteiger partial charge in [0.25, 0.3) is 0 Å². The van der Waals surface area contributed by atoms with Gasteiger partial charge in [-0.2, -0.15) is 65.9 Å². The van der Waals surface area contributed by atoms with Crippen molar-refractivity contribution in [1.82, 2.24) is 0 Å². The van der Waals surface area contributed by atoms with Crippen LogP contribution in [0.5, 0.6) is 0 Å². The molecule has 1 unspecified atom stereocenters. The molecule has 1 atom stereocenters. The minimum absolute atomic E-state index is 5.44. The van der Waals surface area contributed by atoms with E-state index in [2.05, 4.69) is 0 Å². The standard InChI is InChI=1S/C7HF15O2S/c8-1(9,2(10,11)4(14,15)6(18,19)20)3(12,13)5(16,17)7(21,22)25(23)24/h(H,23,24). The monoisotopic (exact) mass is 434 g/mol. The van der Waals surface area contributed by atoms with Crippen LogP contribution in [0.25, 0.3) is 0 Å². The second kappa shape index (κ2) is 5.78. The SMILES string of the molecule is O=S(O)C(F)(F)C(F)(F)C(F)(F)C(F)(F)C(F)(F)C(F)(F)C(F)(F)F. The van der Waals surface area contributed by atoms with Gasteiger partial charge in [0, 0.05) is 0 Å². The van der Waals surface area contributed by atoms with Crippen molar-refractivity contribution in [2.75, 3.05) is 0 Å². The van der Waals surface area contributed by atoms with Gasteiger partial charge in [-0.15, -0.1) is 0 Å². The van der Waals surface area contributed by atoms with Gasteiger partial charge in [-0.3, -0.25) is 0 Å². The van der Waals surface area contributed by atoms with Crippen molar-refractivity contribution in [2.45, 2.75) is 41.0 Å². The Bertz CT molecular complexity index is 534. The molecule has 0 bridgehead atoms. The van der Waals surface area contributed by atoms with Crippen molar-refractivity contribution >= 4 is 11.1 Å². The molecule has 1 N–H and O–H groups in total. The predicted octanol–water partition coefficient (Wildman–Crippen LogP) is 4.54. The number of hydrogen-bond acceptors (Lipinski definition) is 1. The average Bonchev–Trinajstić information content (AvgIpc) is 2.35. The molecule has 0 saturated carbocycles. The Balaban J connectivity index is 6.55. The van der Waals surface area contributed by atoms with Gasteiger partial charge in [0.1, 0.15) is 0 Å². The van der Waals surface area contributed by atoms with E-state index in [0.717, 1.165) is 0 Å². The van der Waals surface area contributed by atoms with Gasteiger partial charge in [-0.1, -0.05) is 0 Å². The molecule has 0 saturated heterocycles. The molecule has 0 aliphatic carbocycles. The summed E-state index contributed by atoms with van der Waals surface area (Å²) in [6.45, 7) is 0. The van der Waals surface area contributed by atoms with E-state index in [4.69, 9.17) is 4.55 Å². The van der Waals surface area contributed by atoms with Crippen LogP contribution >= 0.6 is 0 Å². The normalized spacial score (nSPS) is 17.6. The molecule has 18 heteroatoms. The van der Waals surface area contributed by atoms with E-state index in [9.17, 15) is 70.1 Å². The molecule has 0 aliphatic rings. The number of halogens is 15. The summed E-state index contributed by atoms with van der Waals surface area (Å²) in [5.74, 6) is -41.2. The summed E-state index contributed by atoms with van der Waals surface area (Å²) in [4.78, 5) is 0. The summed E-state index contributed by atoms with van der Waals surface area (Å²) in [6.07, 6.45) is -7.69. The topological polar surface area (TPSA) is 37.3 Å². The highest BCUT2D eigenvalue weighted by Crippen LogP contribution is 2.62. The molecular formula is C7HF15O2S. The zero-order valence-electron chi connectivity index (χ0n) is 10.4. The Morgan fingerprint density at radius 2 is 0.720 bits per heavy atom. The van der Waals surface area contributed by atoms with E-state index in [-0.39, 0.29) is 0 Å². The predicted molar refractivity (Wildman–Crippen MR) is 46.5 cm³/mol. The highest BCUT2D eigenvalue weighted by molar-refractivity contribution is 7.80. The first kappa shape index (κ1) is 24.1. The van der Waals surface area contributed by atoms with Gasteiger partial charge < -0.3 is 4.55 Å². The molecule has 152 valence electrons. The second-order valence-electron chi connectivity index (χ2n) is 4.14. The fourth-order valence-corrected chi connectivity index (χ4v) is 1.41. The van der Waals surface area contributed by atoms with Gasteiger partial charge >= 0.3 is 41.0 Å². The summed E-state index contributed by atoms with van der Waals surface area (Å²) < 4.78 is 204. The first-order chi connectivity index (χ1) is 10.4. The minimum Gasteiger partial charge on any atom is -0.301 e. The van der Waals surface area contributed by atoms with Crippen molar-refractivity contribution in [2.24, 2.45) is 0 Å². The third kappa shape index (κ3) is 2.93. The maximum atomic E-state index is 12.8. The second-order valence-corrected chi connectivity index (χ2v) is 5.15. The number of hydrogen-bond donors (Lipinski definition) is 1. The smallest absolute Gasteiger partial charge is 0.301 e. The average molecular weight is 434 g/mol. The van der Waals surface area contributed by atoms with Crippen molar-refractivity contribution < 1.29 is 74.6 Å². The van der Waals surface area contributed by atoms with Crippen LogP contribution in [0.4, 0.5) is 65.9 Å². The lowest BCUT2D eigenvalue weighted by Gasteiger charge is -2.40. The van der Waals surface area contributed by atoms with E-state index >= 15 is 0 Å². The van der Waals surface area contributed by atoms with Gasteiger partial charge in [0.05, 0.1) is 0 Å². The van der Waals surface area contributed by atoms with E-state index in [1.165, 1.54) is 0 Å². The molecule has 0 radical (unpaired) electrons. The van der Waals surface area contributed by atoms with Crippen LogP contribution in [0.1, 0.15) is 0 Å². The fourth-order valence-electron chi connectivity index (χ4n) is 1.06. The number of alkyl halides is 15. The molecule has 0 aliphatic heterocycles. The van der Waals surface area contributed by atoms with Crippen LogP contribution in [0, 0.1) is 0 Å². The molecule has 0 amide bonds. The lowest BCUT2D eigenvalue weighted by atomic mass is 9.94. The molecule has 0 spiro atoms. The quantitative estimate of drug-likeness (QED) is 0.493. The van der Waals surface area contributed by atoms with Gasteiger partial charge in [-0.05, 0) is 0 Å². The minimum atomic E-state index is -8.45. The zero-order valence-corrected chi connectivity index (χ0v) is 11.2. The lowest BCUT2D eigenvalue weighted by molar-refractivity contribution is -0.447. The maximum absolute atomic E-state index is 12.8. The van der Waals surface area contributed by atoms with Gasteiger partial charge in [-0.25, -0.2) is 4.21 Å². The van der Waals surface area contributed by atoms with Crippen LogP contribution in [-0.4, -0.2) is 49.8 Å². The molecule has 0 aromatic heterocycles. The van der Waals surface area contributed by atoms with E-state index in [1.807, 2.05) is 0 Å². The first-order valence-corrected chi connectivity index (χ1v) is 5.99. The van der Waals surface area contributed by atoms with Crippen LogP contribution in [-0.2, 0) is 11.1 Å². The van der Waals surface area contributed by atoms with E-state index < -0.39 is 52.1 Å². The highest BCUT2D eigenvalue weighted by Gasteiger charge is 2.94. The van der Waals surface area contributed by atoms with Crippen LogP contribution in [0.2, 0.25) is 0 Å². The molecule has 0 aromatic carbocycles. The molecule has 0 rings (SSSR count). The van der Waals surface area contributed by atoms with Gasteiger partial charge in [0.2, 0.25) is 11.1 Å². The molecule has 25 heavy (non-hydrogen) atoms. The summed E-state index contributed by atoms with van der Waals surface area (Å²) in [6, 6.07) is 0. The molecule has 0 fully saturated rings. The first-order valence-electron chi connectivity index (χ1n) is 4.89. The summed E-state index contributed by atoms with van der Waals surface area (Å²) in [5, 5.41) is -7.14. The molecule has 0 heterocycles. The van der Waals surface area contributed by atoms with Gasteiger partial charge in [0.15, 0.2) is 0 Å². The van der Waals surface area contributed by atoms with E-state index in [1.54, 1.807) is 0 Å². The van der Waals surface area contributed by atoms with E-state index in [0.29, 0.717) is 0 Å². The third-order valence-electron chi connectivity index (χ3n) is 2.52. The van der Waals surface area contributed by atoms with Crippen molar-refractivity contribution in [3.63, 3.8) is 0 Å². The Labute approximate surface area is 128 Å². The van der Waals surface area contributed by atoms with Crippen molar-refractivity contribution in [3.05, 3.63) is 0 Å². The number of rotatable bonds is 6. The zero-order chi connectivity index (χ0) is 21.1. The lowest BCUT2D eigenvalue weighted by Crippen LogP contribution is -2.73. The van der Waals surface area contributed by atoms with Crippen molar-refractivity contribution in [1.29, 1.82) is 0 Å². The Morgan fingerprint density at radius 1 is 0.480 bits per heavy atom. The fraction of sp³-hybridized carbons (Fsp3) is 1.00. The van der Waals surface area contributed by atoms with Crippen molar-refractivity contribution in [3.8, 4) is 0 Å². The van der Waals surface area contributed by atoms with Crippen LogP contribution < -0.4 is 0 Å². The Kier molecular flexibility index (Phi) is 5.56. The molecular weight excluding hydrogens is 433 g/mol. The summed E-state index contributed by atoms with van der Waals surface area (Å²) >= 11 is -5.44. The third-order valence-corrected chi connectivity index (χ3v) is 3.21. The van der Waals surface area contributed by atoms with Crippen LogP contribution in [0.3, 0.4) is 0 Å². The van der Waals surface area contributed by atoms with Crippen LogP contribution in [0.15, 0.2) is 0 Å². The Morgan fingerprint density at radius 3 is 0.960 bits per heavy atom. The highest BCUT2D eigenvalue weighted by atomic mass is 32.2. The Hall–Kier alpha value is -0.940. The summed E-state index contributed by atoms with van der Waals surface area (Å²) in [7, 11) is 0. The maximum Gasteiger partial charge on any atom is 0.460 e.